The quantitative estimate of drug-likeness (QED) is 0.455. The van der Waals surface area contributed by atoms with Gasteiger partial charge in [-0.2, -0.15) is 8.78 Å². The molecule has 0 spiro atoms. The number of fused-ring (bicyclic) bond motifs is 1. The molecule has 0 saturated heterocycles. The molecule has 1 unspecified atom stereocenters. The number of alkyl halides is 2. The Kier molecular flexibility index (Phi) is 6.17. The molecule has 0 saturated carbocycles. The van der Waals surface area contributed by atoms with Crippen molar-refractivity contribution in [2.45, 2.75) is 32.1 Å². The van der Waals surface area contributed by atoms with Gasteiger partial charge in [-0.15, -0.1) is 11.8 Å². The highest BCUT2D eigenvalue weighted by Gasteiger charge is 2.58. The molecule has 27 heavy (non-hydrogen) atoms. The van der Waals surface area contributed by atoms with Gasteiger partial charge >= 0.3 is 13.3 Å². The monoisotopic (exact) mass is 439 g/mol. The van der Waals surface area contributed by atoms with Gasteiger partial charge in [0.1, 0.15) is 11.8 Å². The Morgan fingerprint density at radius 2 is 2.04 bits per heavy atom. The molecule has 3 rings (SSSR count). The number of hydrogen-bond acceptors (Lipinski definition) is 8. The predicted octanol–water partition coefficient (Wildman–Crippen LogP) is 3.85. The lowest BCUT2D eigenvalue weighted by atomic mass is 10.3. The summed E-state index contributed by atoms with van der Waals surface area (Å²) in [7, 11) is -4.66. The molecule has 1 aliphatic heterocycles. The van der Waals surface area contributed by atoms with E-state index in [9.17, 15) is 13.3 Å². The maximum atomic E-state index is 14.8. The van der Waals surface area contributed by atoms with Crippen LogP contribution in [-0.2, 0) is 20.2 Å². The van der Waals surface area contributed by atoms with Crippen LogP contribution in [0.4, 0.5) is 8.78 Å². The van der Waals surface area contributed by atoms with Crippen LogP contribution in [0.15, 0.2) is 17.6 Å². The van der Waals surface area contributed by atoms with Crippen LogP contribution in [0.25, 0.3) is 11.2 Å². The van der Waals surface area contributed by atoms with Gasteiger partial charge in [0, 0.05) is 12.3 Å². The van der Waals surface area contributed by atoms with Gasteiger partial charge in [0.25, 0.3) is 0 Å². The number of nitrogens with zero attached hydrogens (tertiary/aromatic N) is 5. The van der Waals surface area contributed by atoms with E-state index in [1.54, 1.807) is 4.57 Å². The van der Waals surface area contributed by atoms with E-state index >= 15 is 0 Å². The summed E-state index contributed by atoms with van der Waals surface area (Å²) < 4.78 is 53.4. The highest BCUT2D eigenvalue weighted by atomic mass is 35.5. The van der Waals surface area contributed by atoms with Crippen LogP contribution in [0.1, 0.15) is 13.8 Å². The molecule has 0 fully saturated rings. The Hall–Kier alpha value is -1.13. The van der Waals surface area contributed by atoms with Gasteiger partial charge in [0.15, 0.2) is 15.8 Å². The average Bonchev–Trinajstić information content (AvgIpc) is 3.24. The molecule has 13 heteroatoms. The third kappa shape index (κ3) is 3.88. The minimum atomic E-state index is -4.66. The highest BCUT2D eigenvalue weighted by molar-refractivity contribution is 8.15. The Balaban J connectivity index is 1.82. The molecule has 2 aromatic rings. The number of imidazole rings is 1. The zero-order chi connectivity index (χ0) is 19.7. The number of hydrogen-bond donors (Lipinski definition) is 0. The van der Waals surface area contributed by atoms with Gasteiger partial charge < -0.3 is 13.6 Å². The van der Waals surface area contributed by atoms with Crippen LogP contribution >= 0.6 is 31.0 Å². The normalized spacial score (nSPS) is 18.3. The second kappa shape index (κ2) is 8.08. The van der Waals surface area contributed by atoms with Gasteiger partial charge in [-0.1, -0.05) is 11.6 Å². The van der Waals surface area contributed by atoms with E-state index in [1.165, 1.54) is 26.5 Å². The van der Waals surface area contributed by atoms with Gasteiger partial charge in [-0.25, -0.2) is 15.0 Å². The minimum Gasteiger partial charge on any atom is -0.313 e. The first-order valence-electron chi connectivity index (χ1n) is 8.11. The van der Waals surface area contributed by atoms with Crippen molar-refractivity contribution in [2.24, 2.45) is 4.99 Å². The van der Waals surface area contributed by atoms with Crippen molar-refractivity contribution in [1.82, 2.24) is 19.5 Å². The number of thioether (sulfide) groups is 1. The van der Waals surface area contributed by atoms with Crippen molar-refractivity contribution in [3.05, 3.63) is 17.8 Å². The zero-order valence-electron chi connectivity index (χ0n) is 14.5. The van der Waals surface area contributed by atoms with E-state index in [-0.39, 0.29) is 24.9 Å². The predicted molar refractivity (Wildman–Crippen MR) is 99.8 cm³/mol. The molecule has 8 nitrogen and oxygen atoms in total. The van der Waals surface area contributed by atoms with Crippen LogP contribution in [0.5, 0.6) is 0 Å². The molecule has 1 aliphatic rings. The third-order valence-electron chi connectivity index (χ3n) is 3.68. The minimum absolute atomic E-state index is 0.157. The molecule has 0 aliphatic carbocycles. The average molecular weight is 440 g/mol. The molecule has 0 bridgehead atoms. The Morgan fingerprint density at radius 3 is 2.70 bits per heavy atom. The molecular weight excluding hydrogens is 423 g/mol. The molecule has 0 radical (unpaired) electrons. The molecule has 1 atom stereocenters. The summed E-state index contributed by atoms with van der Waals surface area (Å²) in [6.07, 6.45) is 2.81. The van der Waals surface area contributed by atoms with Crippen LogP contribution < -0.4 is 0 Å². The van der Waals surface area contributed by atoms with E-state index in [0.29, 0.717) is 16.9 Å². The smallest absolute Gasteiger partial charge is 0.313 e. The van der Waals surface area contributed by atoms with E-state index in [4.69, 9.17) is 20.6 Å². The zero-order valence-corrected chi connectivity index (χ0v) is 17.0. The lowest BCUT2D eigenvalue weighted by Gasteiger charge is -2.25. The lowest BCUT2D eigenvalue weighted by Crippen LogP contribution is -2.28. The van der Waals surface area contributed by atoms with Crippen LogP contribution in [-0.4, -0.2) is 55.2 Å². The van der Waals surface area contributed by atoms with E-state index in [1.807, 2.05) is 0 Å². The van der Waals surface area contributed by atoms with Crippen molar-refractivity contribution in [3.8, 4) is 0 Å². The number of rotatable bonds is 8. The van der Waals surface area contributed by atoms with Gasteiger partial charge in [0.2, 0.25) is 0 Å². The summed E-state index contributed by atoms with van der Waals surface area (Å²) >= 11 is 6.80. The fourth-order valence-corrected chi connectivity index (χ4v) is 5.55. The summed E-state index contributed by atoms with van der Waals surface area (Å²) in [5.41, 5.74) is -2.89. The summed E-state index contributed by atoms with van der Waals surface area (Å²) in [6, 6.07) is -0.473. The van der Waals surface area contributed by atoms with Gasteiger partial charge in [0.05, 0.1) is 25.6 Å². The van der Waals surface area contributed by atoms with E-state index < -0.39 is 24.3 Å². The maximum absolute atomic E-state index is 14.8. The standard InChI is InChI=1S/C14H17ClF2N5O3PS/c1-3-24-26(23,25-4-2)14(16,17)13-21-9(6-27-13)5-22-8-20-10-11(15)18-7-19-12(10)22/h7-9H,3-6H2,1-2H3. The number of aromatic nitrogens is 4. The number of halogens is 3. The molecular formula is C14H17ClF2N5O3PS. The lowest BCUT2D eigenvalue weighted by molar-refractivity contribution is 0.0968. The first-order chi connectivity index (χ1) is 12.8. The molecule has 0 aromatic carbocycles. The first kappa shape index (κ1) is 20.6. The fourth-order valence-electron chi connectivity index (χ4n) is 2.54. The van der Waals surface area contributed by atoms with Crippen molar-refractivity contribution in [1.29, 1.82) is 0 Å². The van der Waals surface area contributed by atoms with Gasteiger partial charge in [-0.3, -0.25) is 9.56 Å². The van der Waals surface area contributed by atoms with Crippen LogP contribution in [0, 0.1) is 0 Å². The third-order valence-corrected chi connectivity index (χ3v) is 7.39. The summed E-state index contributed by atoms with van der Waals surface area (Å²) in [6.45, 7) is 2.91. The molecule has 148 valence electrons. The Labute approximate surface area is 163 Å². The largest absolute Gasteiger partial charge is 0.406 e. The summed E-state index contributed by atoms with van der Waals surface area (Å²) in [5.74, 6) is 0.293. The topological polar surface area (TPSA) is 91.5 Å². The molecule has 3 heterocycles. The highest BCUT2D eigenvalue weighted by Crippen LogP contribution is 2.64. The van der Waals surface area contributed by atoms with Crippen molar-refractivity contribution in [2.75, 3.05) is 19.0 Å². The fraction of sp³-hybridized carbons (Fsp3) is 0.571. The van der Waals surface area contributed by atoms with E-state index in [2.05, 4.69) is 19.9 Å². The van der Waals surface area contributed by atoms with Crippen LogP contribution in [0.3, 0.4) is 0 Å². The van der Waals surface area contributed by atoms with Gasteiger partial charge in [-0.05, 0) is 13.8 Å². The summed E-state index contributed by atoms with van der Waals surface area (Å²) in [4.78, 5) is 16.2. The Bertz CT molecular complexity index is 902. The first-order valence-corrected chi connectivity index (χ1v) is 11.0. The second-order valence-electron chi connectivity index (χ2n) is 5.51. The molecule has 0 amide bonds. The Morgan fingerprint density at radius 1 is 1.33 bits per heavy atom. The summed E-state index contributed by atoms with van der Waals surface area (Å²) in [5, 5.41) is -0.334. The van der Waals surface area contributed by atoms with Crippen LogP contribution in [0.2, 0.25) is 5.15 Å². The van der Waals surface area contributed by atoms with Crippen molar-refractivity contribution >= 4 is 47.2 Å². The van der Waals surface area contributed by atoms with Crippen molar-refractivity contribution < 1.29 is 22.4 Å². The van der Waals surface area contributed by atoms with E-state index in [0.717, 1.165) is 11.8 Å². The molecule has 0 N–H and O–H groups in total. The maximum Gasteiger partial charge on any atom is 0.406 e. The molecule has 2 aromatic heterocycles. The SMILES string of the molecule is CCOP(=O)(OCC)C(F)(F)C1=NC(Cn2cnc3c(Cl)ncnc32)CS1. The second-order valence-corrected chi connectivity index (χ2v) is 8.95. The number of aliphatic imine (C=N–C) groups is 1. The van der Waals surface area contributed by atoms with Crippen molar-refractivity contribution in [3.63, 3.8) is 0 Å².